The molecule has 0 amide bonds. The summed E-state index contributed by atoms with van der Waals surface area (Å²) in [4.78, 5) is 0. The van der Waals surface area contributed by atoms with E-state index in [1.807, 2.05) is 111 Å². The van der Waals surface area contributed by atoms with Crippen LogP contribution in [0.25, 0.3) is 0 Å². The molecule has 1 atom stereocenters. The molecule has 6 rings (SSSR count). The summed E-state index contributed by atoms with van der Waals surface area (Å²) in [6, 6.07) is 30.3. The van der Waals surface area contributed by atoms with Gasteiger partial charge in [-0.25, -0.2) is 0 Å². The first kappa shape index (κ1) is 73.5. The van der Waals surface area contributed by atoms with E-state index in [-0.39, 0.29) is 39.0 Å². The first-order valence-electron chi connectivity index (χ1n) is 27.7. The molecular formula is C62H95B4F3O11S. The van der Waals surface area contributed by atoms with Gasteiger partial charge in [0, 0.05) is 10.8 Å². The Morgan fingerprint density at radius 1 is 0.469 bits per heavy atom. The zero-order valence-electron chi connectivity index (χ0n) is 52.8. The van der Waals surface area contributed by atoms with E-state index >= 15 is 0 Å². The van der Waals surface area contributed by atoms with E-state index in [4.69, 9.17) is 54.7 Å². The monoisotopic (exact) mass is 1150 g/mol. The van der Waals surface area contributed by atoms with Crippen LogP contribution in [-0.2, 0) is 39.6 Å². The number of rotatable bonds is 13. The van der Waals surface area contributed by atoms with Gasteiger partial charge >= 0.3 is 29.6 Å². The Labute approximate surface area is 489 Å². The summed E-state index contributed by atoms with van der Waals surface area (Å²) in [7, 11) is 5.00. The van der Waals surface area contributed by atoms with Gasteiger partial charge in [0.15, 0.2) is 0 Å². The second-order valence-corrected chi connectivity index (χ2v) is 28.5. The summed E-state index contributed by atoms with van der Waals surface area (Å²) >= 11 is 0. The molecule has 2 heterocycles. The number of hydrogen-bond donors (Lipinski definition) is 4. The van der Waals surface area contributed by atoms with Gasteiger partial charge in [0.05, 0.1) is 44.8 Å². The maximum atomic E-state index is 12.5. The van der Waals surface area contributed by atoms with Crippen molar-refractivity contribution in [1.82, 2.24) is 0 Å². The Hall–Kier alpha value is -3.64. The molecule has 0 bridgehead atoms. The molecule has 11 nitrogen and oxygen atoms in total. The van der Waals surface area contributed by atoms with Crippen molar-refractivity contribution in [3.05, 3.63) is 125 Å². The van der Waals surface area contributed by atoms with Crippen molar-refractivity contribution in [3.8, 4) is 5.75 Å². The number of aliphatic hydroxyl groups is 4. The summed E-state index contributed by atoms with van der Waals surface area (Å²) in [6.07, 6.45) is 1.90. The second-order valence-electron chi connectivity index (χ2n) is 27.0. The standard InChI is InChI=1S/C20H23F3O3S.C18H20B2.C12H24B2O4.2C6H14O2/c1-14(2)13-19(4,16-7-5-15(3)6-8-16)17-9-11-18(12-10-17)26-27(24,25)20(21,22)23;1-13(2)12-18(3,14-4-8-16(19)9-5-14)15-6-10-17(20)11-7-15;1-9(2)10(3,4)16-13(15-9)14-17-11(5,6)12(7,8)18-14;2*1-5(2,7)6(3,4)8/h5-12,14H,13H2,1-4H3;4-11,13H,12H2,1-3H3;1-8H3;2*7-8H,1-4H3. The maximum Gasteiger partial charge on any atom is 0.534 e. The van der Waals surface area contributed by atoms with Crippen LogP contribution in [-0.4, -0.2) is 109 Å². The number of alkyl halides is 3. The molecule has 4 aromatic carbocycles. The van der Waals surface area contributed by atoms with Crippen molar-refractivity contribution >= 4 is 50.8 Å². The molecular weight excluding hydrogens is 1050 g/mol. The summed E-state index contributed by atoms with van der Waals surface area (Å²) < 4.78 is 87.8. The predicted molar refractivity (Wildman–Crippen MR) is 326 cm³/mol. The minimum atomic E-state index is -5.68. The van der Waals surface area contributed by atoms with Crippen LogP contribution >= 0.6 is 0 Å². The van der Waals surface area contributed by atoms with E-state index in [0.29, 0.717) is 11.8 Å². The van der Waals surface area contributed by atoms with Crippen LogP contribution in [0.4, 0.5) is 13.2 Å². The first-order valence-corrected chi connectivity index (χ1v) is 29.1. The van der Waals surface area contributed by atoms with Crippen molar-refractivity contribution in [2.45, 2.75) is 233 Å². The quantitative estimate of drug-likeness (QED) is 0.0573. The highest BCUT2D eigenvalue weighted by Crippen LogP contribution is 2.44. The Kier molecular flexibility index (Phi) is 24.2. The molecule has 0 aromatic heterocycles. The molecule has 448 valence electrons. The van der Waals surface area contributed by atoms with Crippen LogP contribution in [0.5, 0.6) is 5.75 Å². The van der Waals surface area contributed by atoms with Gasteiger partial charge in [0.1, 0.15) is 21.4 Å². The highest BCUT2D eigenvalue weighted by Gasteiger charge is 2.64. The number of aryl methyl sites for hydroxylation is 1. The van der Waals surface area contributed by atoms with Crippen LogP contribution in [0.1, 0.15) is 193 Å². The zero-order chi connectivity index (χ0) is 63.2. The number of benzene rings is 4. The topological polar surface area (TPSA) is 161 Å². The Morgan fingerprint density at radius 2 is 0.691 bits per heavy atom. The van der Waals surface area contributed by atoms with Crippen molar-refractivity contribution in [2.24, 2.45) is 11.8 Å². The van der Waals surface area contributed by atoms with E-state index in [9.17, 15) is 21.6 Å². The zero-order valence-corrected chi connectivity index (χ0v) is 53.6. The number of hydrogen-bond acceptors (Lipinski definition) is 11. The van der Waals surface area contributed by atoms with Gasteiger partial charge in [-0.3, -0.25) is 0 Å². The lowest BCUT2D eigenvalue weighted by atomic mass is 9.49. The minimum Gasteiger partial charge on any atom is -0.405 e. The van der Waals surface area contributed by atoms with Gasteiger partial charge in [-0.2, -0.15) is 21.6 Å². The van der Waals surface area contributed by atoms with Crippen LogP contribution in [0, 0.1) is 18.8 Å². The Balaban J connectivity index is 0.000000371. The summed E-state index contributed by atoms with van der Waals surface area (Å²) in [5.74, 6) is 0.611. The molecule has 2 aliphatic rings. The summed E-state index contributed by atoms with van der Waals surface area (Å²) in [5.41, 5.74) is -4.03. The third-order valence-corrected chi connectivity index (χ3v) is 17.1. The lowest BCUT2D eigenvalue weighted by Crippen LogP contribution is -2.44. The van der Waals surface area contributed by atoms with Gasteiger partial charge in [0.2, 0.25) is 0 Å². The molecule has 0 aliphatic carbocycles. The van der Waals surface area contributed by atoms with Crippen LogP contribution < -0.4 is 15.1 Å². The fourth-order valence-corrected chi connectivity index (χ4v) is 8.57. The van der Waals surface area contributed by atoms with Crippen molar-refractivity contribution in [2.75, 3.05) is 0 Å². The third kappa shape index (κ3) is 20.3. The van der Waals surface area contributed by atoms with Gasteiger partial charge in [-0.1, -0.05) is 143 Å². The highest BCUT2D eigenvalue weighted by molar-refractivity contribution is 7.88. The fourth-order valence-electron chi connectivity index (χ4n) is 8.11. The largest absolute Gasteiger partial charge is 0.534 e. The lowest BCUT2D eigenvalue weighted by Gasteiger charge is -2.33. The molecule has 4 N–H and O–H groups in total. The highest BCUT2D eigenvalue weighted by atomic mass is 32.2. The molecule has 4 aromatic rings. The molecule has 0 saturated carbocycles. The third-order valence-electron chi connectivity index (χ3n) is 16.2. The van der Waals surface area contributed by atoms with Gasteiger partial charge in [0.25, 0.3) is 0 Å². The van der Waals surface area contributed by atoms with Gasteiger partial charge in [-0.15, -0.1) is 0 Å². The predicted octanol–water partition coefficient (Wildman–Crippen LogP) is 11.5. The van der Waals surface area contributed by atoms with Gasteiger partial charge in [-0.05, 0) is 177 Å². The van der Waals surface area contributed by atoms with E-state index in [1.165, 1.54) is 23.3 Å². The fraction of sp³-hybridized carbons (Fsp3) is 0.613. The molecule has 1 unspecified atom stereocenters. The molecule has 2 fully saturated rings. The van der Waals surface area contributed by atoms with E-state index in [2.05, 4.69) is 70.0 Å². The van der Waals surface area contributed by atoms with Crippen LogP contribution in [0.15, 0.2) is 97.1 Å². The molecule has 4 radical (unpaired) electrons. The smallest absolute Gasteiger partial charge is 0.405 e. The summed E-state index contributed by atoms with van der Waals surface area (Å²) in [5, 5.41) is 36.4. The van der Waals surface area contributed by atoms with E-state index < -0.39 is 52.0 Å². The Morgan fingerprint density at radius 3 is 0.901 bits per heavy atom. The van der Waals surface area contributed by atoms with E-state index in [0.717, 1.165) is 40.5 Å². The molecule has 2 aliphatic heterocycles. The maximum absolute atomic E-state index is 12.5. The summed E-state index contributed by atoms with van der Waals surface area (Å²) in [6.45, 7) is 43.9. The molecule has 0 spiro atoms. The normalized spacial score (nSPS) is 17.8. The van der Waals surface area contributed by atoms with Crippen LogP contribution in [0.2, 0.25) is 0 Å². The van der Waals surface area contributed by atoms with Crippen molar-refractivity contribution in [1.29, 1.82) is 0 Å². The Bertz CT molecular complexity index is 2530. The average Bonchev–Trinajstić information content (AvgIpc) is 3.65. The second kappa shape index (κ2) is 26.7. The van der Waals surface area contributed by atoms with Crippen molar-refractivity contribution in [3.63, 3.8) is 0 Å². The van der Waals surface area contributed by atoms with Crippen LogP contribution in [0.3, 0.4) is 0 Å². The molecule has 81 heavy (non-hydrogen) atoms. The first-order chi connectivity index (χ1) is 36.1. The lowest BCUT2D eigenvalue weighted by molar-refractivity contribution is -0.107. The minimum absolute atomic E-state index is 0.0183. The SMILES string of the molecule is CC(C)(O)C(C)(C)O.CC(C)(O)C(C)(C)O.CC1(C)OB(B2OC(C)(C)C(C)(C)O2)OC1(C)C.Cc1ccc(C(C)(CC(C)C)c2ccc(OS(=O)(=O)C(F)(F)F)cc2)cc1.[B]c1ccc(C(C)(CC(C)C)c2ccc([B])cc2)cc1. The molecule has 19 heteroatoms. The van der Waals surface area contributed by atoms with Gasteiger partial charge < -0.3 is 43.2 Å². The van der Waals surface area contributed by atoms with E-state index in [1.54, 1.807) is 67.5 Å². The number of halogens is 3. The molecule has 2 saturated heterocycles. The van der Waals surface area contributed by atoms with Crippen molar-refractivity contribution < 1.29 is 64.8 Å². The average molecular weight is 1150 g/mol.